The number of methoxy groups -OCH3 is 1. The normalized spacial score (nSPS) is 23.7. The van der Waals surface area contributed by atoms with Crippen LogP contribution < -0.4 is 4.90 Å². The average Bonchev–Trinajstić information content (AvgIpc) is 2.38. The fourth-order valence-corrected chi connectivity index (χ4v) is 2.93. The molecule has 0 amide bonds. The van der Waals surface area contributed by atoms with E-state index in [-0.39, 0.29) is 5.60 Å². The highest BCUT2D eigenvalue weighted by Crippen LogP contribution is 2.28. The number of hydrogen-bond acceptors (Lipinski definition) is 4. The van der Waals surface area contributed by atoms with Crippen LogP contribution in [0.25, 0.3) is 0 Å². The Kier molecular flexibility index (Phi) is 4.79. The third-order valence-corrected chi connectivity index (χ3v) is 4.08. The fraction of sp³-hybridized carbons (Fsp3) is 0.714. The Morgan fingerprint density at radius 1 is 1.47 bits per heavy atom. The minimum absolute atomic E-state index is 0.0689. The Labute approximate surface area is 123 Å². The van der Waals surface area contributed by atoms with Gasteiger partial charge in [-0.15, -0.1) is 0 Å². The van der Waals surface area contributed by atoms with Crippen LogP contribution >= 0.6 is 15.9 Å². The Hall–Kier alpha value is -0.680. The molecular weight excluding hydrogens is 306 g/mol. The lowest BCUT2D eigenvalue weighted by Crippen LogP contribution is -2.47. The maximum Gasteiger partial charge on any atom is 0.133 e. The van der Waals surface area contributed by atoms with Gasteiger partial charge in [0.05, 0.1) is 5.60 Å². The lowest BCUT2D eigenvalue weighted by atomic mass is 9.95. The molecule has 0 aromatic carbocycles. The van der Waals surface area contributed by atoms with Crippen molar-refractivity contribution >= 4 is 21.7 Å². The first kappa shape index (κ1) is 14.7. The standard InChI is InChI=1S/C14H22BrN3O/c1-4-6-12-16-11(15)9-13(17-12)18-8-5-7-14(2,10-18)19-3/h9H,4-8,10H2,1-3H3. The van der Waals surface area contributed by atoms with Crippen molar-refractivity contribution in [2.45, 2.75) is 45.1 Å². The molecule has 1 aliphatic heterocycles. The SMILES string of the molecule is CCCc1nc(Br)cc(N2CCCC(C)(OC)C2)n1. The maximum absolute atomic E-state index is 5.64. The fourth-order valence-electron chi connectivity index (χ4n) is 2.52. The molecule has 0 spiro atoms. The van der Waals surface area contributed by atoms with Gasteiger partial charge in [-0.25, -0.2) is 9.97 Å². The zero-order valence-corrected chi connectivity index (χ0v) is 13.5. The third kappa shape index (κ3) is 3.66. The summed E-state index contributed by atoms with van der Waals surface area (Å²) in [4.78, 5) is 11.4. The molecule has 0 aliphatic carbocycles. The highest BCUT2D eigenvalue weighted by Gasteiger charge is 2.31. The molecule has 0 radical (unpaired) electrons. The lowest BCUT2D eigenvalue weighted by Gasteiger charge is -2.40. The van der Waals surface area contributed by atoms with Crippen LogP contribution in [0.15, 0.2) is 10.7 Å². The molecule has 2 rings (SSSR count). The lowest BCUT2D eigenvalue weighted by molar-refractivity contribution is -0.00483. The number of hydrogen-bond donors (Lipinski definition) is 0. The topological polar surface area (TPSA) is 38.2 Å². The number of aryl methyl sites for hydroxylation is 1. The molecule has 1 fully saturated rings. The van der Waals surface area contributed by atoms with Gasteiger partial charge < -0.3 is 9.64 Å². The van der Waals surface area contributed by atoms with Gasteiger partial charge in [-0.05, 0) is 42.1 Å². The smallest absolute Gasteiger partial charge is 0.133 e. The van der Waals surface area contributed by atoms with Gasteiger partial charge in [-0.2, -0.15) is 0 Å². The molecule has 4 nitrogen and oxygen atoms in total. The van der Waals surface area contributed by atoms with Gasteiger partial charge in [-0.3, -0.25) is 0 Å². The molecule has 1 unspecified atom stereocenters. The second-order valence-corrected chi connectivity index (χ2v) is 6.21. The van der Waals surface area contributed by atoms with Crippen molar-refractivity contribution in [1.29, 1.82) is 0 Å². The summed E-state index contributed by atoms with van der Waals surface area (Å²) in [7, 11) is 1.79. The Morgan fingerprint density at radius 2 is 2.26 bits per heavy atom. The van der Waals surface area contributed by atoms with E-state index in [2.05, 4.69) is 44.6 Å². The second-order valence-electron chi connectivity index (χ2n) is 5.39. The molecule has 19 heavy (non-hydrogen) atoms. The van der Waals surface area contributed by atoms with E-state index in [0.29, 0.717) is 0 Å². The van der Waals surface area contributed by atoms with E-state index in [1.807, 2.05) is 6.07 Å². The molecule has 0 saturated carbocycles. The second kappa shape index (κ2) is 6.18. The molecule has 1 aromatic heterocycles. The van der Waals surface area contributed by atoms with Crippen LogP contribution in [0.1, 0.15) is 38.9 Å². The van der Waals surface area contributed by atoms with Crippen molar-refractivity contribution in [3.8, 4) is 0 Å². The van der Waals surface area contributed by atoms with E-state index in [1.165, 1.54) is 0 Å². The number of rotatable bonds is 4. The maximum atomic E-state index is 5.64. The molecule has 1 aliphatic rings. The molecule has 106 valence electrons. The summed E-state index contributed by atoms with van der Waals surface area (Å²) in [5.74, 6) is 1.92. The summed E-state index contributed by atoms with van der Waals surface area (Å²) in [6, 6.07) is 2.00. The van der Waals surface area contributed by atoms with Crippen LogP contribution in [0.5, 0.6) is 0 Å². The number of piperidine rings is 1. The Bertz CT molecular complexity index is 441. The van der Waals surface area contributed by atoms with Gasteiger partial charge in [0.15, 0.2) is 0 Å². The van der Waals surface area contributed by atoms with Crippen LogP contribution in [0.2, 0.25) is 0 Å². The Morgan fingerprint density at radius 3 is 2.95 bits per heavy atom. The molecule has 1 saturated heterocycles. The van der Waals surface area contributed by atoms with Gasteiger partial charge in [0.25, 0.3) is 0 Å². The number of aromatic nitrogens is 2. The summed E-state index contributed by atoms with van der Waals surface area (Å²) >= 11 is 3.49. The van der Waals surface area contributed by atoms with Crippen LogP contribution in [0, 0.1) is 0 Å². The van der Waals surface area contributed by atoms with E-state index in [9.17, 15) is 0 Å². The van der Waals surface area contributed by atoms with Crippen LogP contribution in [-0.4, -0.2) is 35.8 Å². The largest absolute Gasteiger partial charge is 0.377 e. The van der Waals surface area contributed by atoms with Crippen molar-refractivity contribution < 1.29 is 4.74 Å². The summed E-state index contributed by atoms with van der Waals surface area (Å²) in [6.45, 7) is 6.24. The van der Waals surface area contributed by atoms with E-state index >= 15 is 0 Å². The van der Waals surface area contributed by atoms with Crippen LogP contribution in [0.4, 0.5) is 5.82 Å². The predicted octanol–water partition coefficient (Wildman–Crippen LogP) is 3.20. The van der Waals surface area contributed by atoms with Crippen molar-refractivity contribution in [3.63, 3.8) is 0 Å². The van der Waals surface area contributed by atoms with Gasteiger partial charge in [0.2, 0.25) is 0 Å². The highest BCUT2D eigenvalue weighted by molar-refractivity contribution is 9.10. The van der Waals surface area contributed by atoms with Gasteiger partial charge in [0, 0.05) is 32.7 Å². The van der Waals surface area contributed by atoms with E-state index in [4.69, 9.17) is 4.74 Å². The molecule has 0 N–H and O–H groups in total. The van der Waals surface area contributed by atoms with Gasteiger partial charge >= 0.3 is 0 Å². The monoisotopic (exact) mass is 327 g/mol. The van der Waals surface area contributed by atoms with Crippen LogP contribution in [-0.2, 0) is 11.2 Å². The summed E-state index contributed by atoms with van der Waals surface area (Å²) in [5, 5.41) is 0. The summed E-state index contributed by atoms with van der Waals surface area (Å²) in [6.07, 6.45) is 4.22. The zero-order chi connectivity index (χ0) is 13.9. The first-order chi connectivity index (χ1) is 9.06. The third-order valence-electron chi connectivity index (χ3n) is 3.68. The summed E-state index contributed by atoms with van der Waals surface area (Å²) in [5.41, 5.74) is -0.0689. The Balaban J connectivity index is 2.21. The average molecular weight is 328 g/mol. The quantitative estimate of drug-likeness (QED) is 0.796. The molecule has 1 atom stereocenters. The number of ether oxygens (including phenoxy) is 1. The first-order valence-corrected chi connectivity index (χ1v) is 7.69. The highest BCUT2D eigenvalue weighted by atomic mass is 79.9. The minimum Gasteiger partial charge on any atom is -0.377 e. The van der Waals surface area contributed by atoms with Gasteiger partial charge in [-0.1, -0.05) is 6.92 Å². The molecule has 2 heterocycles. The number of anilines is 1. The molecule has 1 aromatic rings. The van der Waals surface area contributed by atoms with Crippen molar-refractivity contribution in [3.05, 3.63) is 16.5 Å². The number of nitrogens with zero attached hydrogens (tertiary/aromatic N) is 3. The van der Waals surface area contributed by atoms with Gasteiger partial charge in [0.1, 0.15) is 16.2 Å². The van der Waals surface area contributed by atoms with Crippen molar-refractivity contribution in [2.24, 2.45) is 0 Å². The molecule has 5 heteroatoms. The van der Waals surface area contributed by atoms with E-state index in [0.717, 1.165) is 55.0 Å². The molecular formula is C14H22BrN3O. The van der Waals surface area contributed by atoms with Crippen molar-refractivity contribution in [1.82, 2.24) is 9.97 Å². The van der Waals surface area contributed by atoms with E-state index < -0.39 is 0 Å². The predicted molar refractivity (Wildman–Crippen MR) is 80.6 cm³/mol. The van der Waals surface area contributed by atoms with Crippen molar-refractivity contribution in [2.75, 3.05) is 25.1 Å². The number of halogens is 1. The van der Waals surface area contributed by atoms with Crippen LogP contribution in [0.3, 0.4) is 0 Å². The molecule has 0 bridgehead atoms. The summed E-state index contributed by atoms with van der Waals surface area (Å²) < 4.78 is 6.51. The minimum atomic E-state index is -0.0689. The zero-order valence-electron chi connectivity index (χ0n) is 11.9. The first-order valence-electron chi connectivity index (χ1n) is 6.90. The van der Waals surface area contributed by atoms with E-state index in [1.54, 1.807) is 7.11 Å².